The van der Waals surface area contributed by atoms with Crippen LogP contribution in [-0.4, -0.2) is 59.5 Å². The van der Waals surface area contributed by atoms with Crippen molar-refractivity contribution in [1.82, 2.24) is 0 Å². The van der Waals surface area contributed by atoms with Crippen molar-refractivity contribution in [2.75, 3.05) is 13.2 Å². The molecule has 1 rings (SSSR count). The Morgan fingerprint density at radius 3 is 2.33 bits per heavy atom. The van der Waals surface area contributed by atoms with Gasteiger partial charge in [-0.2, -0.15) is 0 Å². The third kappa shape index (κ3) is 4.76. The topological polar surface area (TPSA) is 111 Å². The zero-order chi connectivity index (χ0) is 16.2. The fourth-order valence-electron chi connectivity index (χ4n) is 2.23. The maximum atomic E-state index is 11.5. The van der Waals surface area contributed by atoms with Crippen molar-refractivity contribution in [3.63, 3.8) is 0 Å². The van der Waals surface area contributed by atoms with E-state index in [-0.39, 0.29) is 25.1 Å². The van der Waals surface area contributed by atoms with E-state index >= 15 is 0 Å². The van der Waals surface area contributed by atoms with E-state index in [1.165, 1.54) is 0 Å². The summed E-state index contributed by atoms with van der Waals surface area (Å²) in [7, 11) is 0. The molecule has 0 aromatic heterocycles. The van der Waals surface area contributed by atoms with Gasteiger partial charge in [0.05, 0.1) is 18.8 Å². The minimum absolute atomic E-state index is 0.0217. The normalized spacial score (nSPS) is 27.1. The van der Waals surface area contributed by atoms with Crippen molar-refractivity contribution < 1.29 is 29.2 Å². The first-order valence-corrected chi connectivity index (χ1v) is 6.98. The van der Waals surface area contributed by atoms with Crippen LogP contribution >= 0.6 is 0 Å². The molecule has 1 saturated heterocycles. The van der Waals surface area contributed by atoms with Crippen LogP contribution in [0.25, 0.3) is 0 Å². The monoisotopic (exact) mass is 303 g/mol. The fourth-order valence-corrected chi connectivity index (χ4v) is 2.23. The van der Waals surface area contributed by atoms with E-state index in [2.05, 4.69) is 6.58 Å². The highest BCUT2D eigenvalue weighted by Crippen LogP contribution is 2.33. The van der Waals surface area contributed by atoms with Gasteiger partial charge in [0, 0.05) is 18.5 Å². The number of hydrogen-bond acceptors (Lipinski definition) is 7. The van der Waals surface area contributed by atoms with Gasteiger partial charge in [0.25, 0.3) is 0 Å². The van der Waals surface area contributed by atoms with E-state index < -0.39 is 36.2 Å². The van der Waals surface area contributed by atoms with E-state index in [1.54, 1.807) is 20.8 Å². The van der Waals surface area contributed by atoms with Gasteiger partial charge in [0.1, 0.15) is 12.2 Å². The lowest BCUT2D eigenvalue weighted by molar-refractivity contribution is -0.160. The first-order valence-electron chi connectivity index (χ1n) is 6.98. The molecular weight excluding hydrogens is 278 g/mol. The molecule has 0 aliphatic carbocycles. The van der Waals surface area contributed by atoms with E-state index in [4.69, 9.17) is 19.9 Å². The second-order valence-corrected chi connectivity index (χ2v) is 5.46. The number of aliphatic hydroxyl groups excluding tert-OH is 2. The SMILES string of the molecule is C=C(CC(O)C1OC(C)(C)OC1[C@H](O)CN)C(=O)OCC. The van der Waals surface area contributed by atoms with Crippen molar-refractivity contribution >= 4 is 5.97 Å². The van der Waals surface area contributed by atoms with Crippen molar-refractivity contribution in [3.05, 3.63) is 12.2 Å². The highest BCUT2D eigenvalue weighted by molar-refractivity contribution is 5.87. The van der Waals surface area contributed by atoms with Gasteiger partial charge in [-0.25, -0.2) is 4.79 Å². The van der Waals surface area contributed by atoms with Gasteiger partial charge >= 0.3 is 5.97 Å². The van der Waals surface area contributed by atoms with Crippen LogP contribution in [0, 0.1) is 0 Å². The molecule has 3 unspecified atom stereocenters. The summed E-state index contributed by atoms with van der Waals surface area (Å²) in [6.45, 7) is 8.85. The number of carbonyl (C=O) groups excluding carboxylic acids is 1. The van der Waals surface area contributed by atoms with E-state index in [0.717, 1.165) is 0 Å². The number of rotatable bonds is 7. The number of aliphatic hydroxyl groups is 2. The molecule has 0 radical (unpaired) electrons. The highest BCUT2D eigenvalue weighted by atomic mass is 16.8. The molecule has 1 aliphatic heterocycles. The minimum atomic E-state index is -1.06. The van der Waals surface area contributed by atoms with Crippen LogP contribution in [0.4, 0.5) is 0 Å². The van der Waals surface area contributed by atoms with E-state index in [0.29, 0.717) is 0 Å². The number of carbonyl (C=O) groups is 1. The van der Waals surface area contributed by atoms with Gasteiger partial charge in [-0.1, -0.05) is 6.58 Å². The predicted octanol–water partition coefficient (Wildman–Crippen LogP) is -0.304. The second kappa shape index (κ2) is 7.33. The molecule has 0 aromatic rings. The number of hydrogen-bond donors (Lipinski definition) is 3. The van der Waals surface area contributed by atoms with Crippen LogP contribution in [0.1, 0.15) is 27.2 Å². The van der Waals surface area contributed by atoms with E-state index in [1.807, 2.05) is 0 Å². The summed E-state index contributed by atoms with van der Waals surface area (Å²) >= 11 is 0. The fraction of sp³-hybridized carbons (Fsp3) is 0.786. The Balaban J connectivity index is 2.72. The Labute approximate surface area is 124 Å². The summed E-state index contributed by atoms with van der Waals surface area (Å²) in [5.74, 6) is -1.51. The first kappa shape index (κ1) is 18.1. The summed E-state index contributed by atoms with van der Waals surface area (Å²) in [6, 6.07) is 0. The average molecular weight is 303 g/mol. The Morgan fingerprint density at radius 1 is 1.33 bits per heavy atom. The van der Waals surface area contributed by atoms with Crippen molar-refractivity contribution in [1.29, 1.82) is 0 Å². The molecule has 0 bridgehead atoms. The number of esters is 1. The van der Waals surface area contributed by atoms with Gasteiger partial charge in [-0.15, -0.1) is 0 Å². The standard InChI is InChI=1S/C14H25NO6/c1-5-19-13(18)8(2)6-9(16)11-12(10(17)7-15)21-14(3,4)20-11/h9-12,16-17H,2,5-7,15H2,1,3-4H3/t9?,10-,11?,12?/m1/s1. The van der Waals surface area contributed by atoms with Gasteiger partial charge < -0.3 is 30.2 Å². The summed E-state index contributed by atoms with van der Waals surface area (Å²) in [5, 5.41) is 20.1. The lowest BCUT2D eigenvalue weighted by Gasteiger charge is -2.25. The van der Waals surface area contributed by atoms with Gasteiger partial charge in [0.15, 0.2) is 5.79 Å². The lowest BCUT2D eigenvalue weighted by atomic mass is 9.98. The van der Waals surface area contributed by atoms with Crippen molar-refractivity contribution in [2.24, 2.45) is 5.73 Å². The third-order valence-electron chi connectivity index (χ3n) is 3.18. The molecule has 122 valence electrons. The first-order chi connectivity index (χ1) is 9.71. The Kier molecular flexibility index (Phi) is 6.30. The molecular formula is C14H25NO6. The number of ether oxygens (including phenoxy) is 3. The Morgan fingerprint density at radius 2 is 1.86 bits per heavy atom. The zero-order valence-corrected chi connectivity index (χ0v) is 12.7. The zero-order valence-electron chi connectivity index (χ0n) is 12.7. The minimum Gasteiger partial charge on any atom is -0.463 e. The Hall–Kier alpha value is -0.990. The van der Waals surface area contributed by atoms with Gasteiger partial charge in [-0.05, 0) is 20.8 Å². The van der Waals surface area contributed by atoms with Crippen LogP contribution in [0.5, 0.6) is 0 Å². The van der Waals surface area contributed by atoms with Crippen LogP contribution < -0.4 is 5.73 Å². The van der Waals surface area contributed by atoms with Gasteiger partial charge in [0.2, 0.25) is 0 Å². The maximum Gasteiger partial charge on any atom is 0.333 e. The molecule has 0 spiro atoms. The molecule has 0 saturated carbocycles. The van der Waals surface area contributed by atoms with Crippen molar-refractivity contribution in [3.8, 4) is 0 Å². The van der Waals surface area contributed by atoms with Crippen LogP contribution in [0.3, 0.4) is 0 Å². The molecule has 0 amide bonds. The molecule has 7 nitrogen and oxygen atoms in total. The summed E-state index contributed by atoms with van der Waals surface area (Å²) in [4.78, 5) is 11.5. The molecule has 0 aromatic carbocycles. The summed E-state index contributed by atoms with van der Waals surface area (Å²) in [6.07, 6.45) is -3.63. The average Bonchev–Trinajstić information content (AvgIpc) is 2.74. The molecule has 1 aliphatic rings. The molecule has 4 N–H and O–H groups in total. The third-order valence-corrected chi connectivity index (χ3v) is 3.18. The lowest BCUT2D eigenvalue weighted by Crippen LogP contribution is -2.45. The van der Waals surface area contributed by atoms with Crippen LogP contribution in [-0.2, 0) is 19.0 Å². The molecule has 7 heteroatoms. The van der Waals surface area contributed by atoms with Gasteiger partial charge in [-0.3, -0.25) is 0 Å². The quantitative estimate of drug-likeness (QED) is 0.437. The highest BCUT2D eigenvalue weighted by Gasteiger charge is 2.47. The summed E-state index contributed by atoms with van der Waals surface area (Å²) < 4.78 is 16.0. The Bertz CT molecular complexity index is 384. The summed E-state index contributed by atoms with van der Waals surface area (Å²) in [5.41, 5.74) is 5.57. The molecule has 1 fully saturated rings. The maximum absolute atomic E-state index is 11.5. The van der Waals surface area contributed by atoms with Crippen molar-refractivity contribution in [2.45, 2.75) is 57.4 Å². The molecule has 4 atom stereocenters. The van der Waals surface area contributed by atoms with Crippen LogP contribution in [0.2, 0.25) is 0 Å². The smallest absolute Gasteiger partial charge is 0.333 e. The molecule has 21 heavy (non-hydrogen) atoms. The van der Waals surface area contributed by atoms with Crippen LogP contribution in [0.15, 0.2) is 12.2 Å². The number of nitrogens with two attached hydrogens (primary N) is 1. The largest absolute Gasteiger partial charge is 0.463 e. The van der Waals surface area contributed by atoms with E-state index in [9.17, 15) is 15.0 Å². The predicted molar refractivity (Wildman–Crippen MR) is 75.3 cm³/mol. The molecule has 1 heterocycles. The second-order valence-electron chi connectivity index (χ2n) is 5.46.